The van der Waals surface area contributed by atoms with Gasteiger partial charge in [0, 0.05) is 17.1 Å². The Balaban J connectivity index is 1.44. The fourth-order valence-corrected chi connectivity index (χ4v) is 3.58. The number of rotatable bonds is 5. The summed E-state index contributed by atoms with van der Waals surface area (Å²) < 4.78 is 0. The van der Waals surface area contributed by atoms with Crippen LogP contribution in [0.5, 0.6) is 0 Å². The Morgan fingerprint density at radius 3 is 2.70 bits per heavy atom. The van der Waals surface area contributed by atoms with Crippen molar-refractivity contribution in [1.82, 2.24) is 9.97 Å². The number of primary amides is 1. The summed E-state index contributed by atoms with van der Waals surface area (Å²) in [6.45, 7) is 0. The highest BCUT2D eigenvalue weighted by Crippen LogP contribution is 2.25. The molecule has 27 heavy (non-hydrogen) atoms. The molecular formula is C20H16N4O2S. The molecule has 0 spiro atoms. The van der Waals surface area contributed by atoms with E-state index in [9.17, 15) is 9.59 Å². The lowest BCUT2D eigenvalue weighted by Crippen LogP contribution is -2.14. The van der Waals surface area contributed by atoms with E-state index >= 15 is 0 Å². The molecule has 2 aromatic heterocycles. The zero-order chi connectivity index (χ0) is 18.8. The first-order valence-electron chi connectivity index (χ1n) is 8.30. The van der Waals surface area contributed by atoms with E-state index in [0.717, 1.165) is 21.9 Å². The Hall–Kier alpha value is -3.45. The molecule has 0 saturated heterocycles. The molecule has 0 radical (unpaired) electrons. The summed E-state index contributed by atoms with van der Waals surface area (Å²) in [5.74, 6) is -0.654. The van der Waals surface area contributed by atoms with Crippen LogP contribution in [0.4, 0.5) is 5.13 Å². The van der Waals surface area contributed by atoms with Crippen molar-refractivity contribution in [2.75, 3.05) is 5.32 Å². The molecule has 0 aliphatic carbocycles. The minimum absolute atomic E-state index is 0.127. The molecule has 4 rings (SSSR count). The lowest BCUT2D eigenvalue weighted by atomic mass is 10.1. The Kier molecular flexibility index (Phi) is 4.43. The lowest BCUT2D eigenvalue weighted by molar-refractivity contribution is -0.115. The second-order valence-corrected chi connectivity index (χ2v) is 6.97. The van der Waals surface area contributed by atoms with Gasteiger partial charge in [-0.1, -0.05) is 42.5 Å². The molecule has 0 unspecified atom stereocenters. The molecule has 6 nitrogen and oxygen atoms in total. The number of nitrogens with one attached hydrogen (secondary N) is 2. The van der Waals surface area contributed by atoms with Crippen molar-refractivity contribution in [3.8, 4) is 11.3 Å². The fraction of sp³-hybridized carbons (Fsp3) is 0.0500. The third kappa shape index (κ3) is 3.73. The molecule has 2 amide bonds. The Labute approximate surface area is 159 Å². The number of aromatic nitrogens is 2. The van der Waals surface area contributed by atoms with Crippen molar-refractivity contribution in [1.29, 1.82) is 0 Å². The van der Waals surface area contributed by atoms with Crippen LogP contribution < -0.4 is 11.1 Å². The molecule has 134 valence electrons. The Bertz CT molecular complexity index is 1150. The molecule has 0 saturated carbocycles. The SMILES string of the molecule is NC(=O)c1cc(-c2csc(NC(=O)Cc3ccc4ccccc4c3)n2)c[nH]1. The van der Waals surface area contributed by atoms with Crippen molar-refractivity contribution in [3.63, 3.8) is 0 Å². The van der Waals surface area contributed by atoms with Crippen LogP contribution >= 0.6 is 11.3 Å². The molecule has 0 aliphatic heterocycles. The average molecular weight is 376 g/mol. The number of hydrogen-bond acceptors (Lipinski definition) is 4. The van der Waals surface area contributed by atoms with E-state index in [1.165, 1.54) is 11.3 Å². The van der Waals surface area contributed by atoms with E-state index in [-0.39, 0.29) is 12.3 Å². The number of carbonyl (C=O) groups is 2. The van der Waals surface area contributed by atoms with Crippen molar-refractivity contribution in [2.24, 2.45) is 5.73 Å². The highest BCUT2D eigenvalue weighted by atomic mass is 32.1. The first kappa shape index (κ1) is 17.0. The first-order valence-corrected chi connectivity index (χ1v) is 9.18. The van der Waals surface area contributed by atoms with Gasteiger partial charge in [0.2, 0.25) is 5.91 Å². The number of thiazole rings is 1. The van der Waals surface area contributed by atoms with Crippen LogP contribution in [0.15, 0.2) is 60.1 Å². The maximum Gasteiger partial charge on any atom is 0.265 e. The molecule has 2 aromatic carbocycles. The van der Waals surface area contributed by atoms with Crippen LogP contribution in [0.3, 0.4) is 0 Å². The van der Waals surface area contributed by atoms with E-state index in [2.05, 4.69) is 15.3 Å². The third-order valence-corrected chi connectivity index (χ3v) is 4.93. The highest BCUT2D eigenvalue weighted by molar-refractivity contribution is 7.14. The number of benzene rings is 2. The number of fused-ring (bicyclic) bond motifs is 1. The molecule has 0 fully saturated rings. The summed E-state index contributed by atoms with van der Waals surface area (Å²) in [4.78, 5) is 30.7. The molecule has 2 heterocycles. The number of hydrogen-bond donors (Lipinski definition) is 3. The van der Waals surface area contributed by atoms with Gasteiger partial charge in [-0.15, -0.1) is 11.3 Å². The monoisotopic (exact) mass is 376 g/mol. The summed E-state index contributed by atoms with van der Waals surface area (Å²) in [6, 6.07) is 15.7. The second kappa shape index (κ2) is 7.05. The number of carbonyl (C=O) groups excluding carboxylic acids is 2. The molecule has 7 heteroatoms. The summed E-state index contributed by atoms with van der Waals surface area (Å²) in [6.07, 6.45) is 1.94. The van der Waals surface area contributed by atoms with Gasteiger partial charge in [-0.2, -0.15) is 0 Å². The molecule has 0 aliphatic rings. The van der Waals surface area contributed by atoms with Crippen LogP contribution in [0.25, 0.3) is 22.0 Å². The van der Waals surface area contributed by atoms with Gasteiger partial charge in [-0.25, -0.2) is 4.98 Å². The number of anilines is 1. The van der Waals surface area contributed by atoms with E-state index in [1.807, 2.05) is 47.8 Å². The second-order valence-electron chi connectivity index (χ2n) is 6.11. The van der Waals surface area contributed by atoms with Crippen molar-refractivity contribution < 1.29 is 9.59 Å². The van der Waals surface area contributed by atoms with Crippen molar-refractivity contribution in [3.05, 3.63) is 71.4 Å². The van der Waals surface area contributed by atoms with Crippen LogP contribution in [0.1, 0.15) is 16.1 Å². The van der Waals surface area contributed by atoms with Crippen LogP contribution in [0.2, 0.25) is 0 Å². The number of nitrogens with two attached hydrogens (primary N) is 1. The minimum Gasteiger partial charge on any atom is -0.364 e. The third-order valence-electron chi connectivity index (χ3n) is 4.17. The zero-order valence-corrected chi connectivity index (χ0v) is 15.0. The quantitative estimate of drug-likeness (QED) is 0.496. The molecule has 4 aromatic rings. The van der Waals surface area contributed by atoms with Crippen LogP contribution in [0, 0.1) is 0 Å². The van der Waals surface area contributed by atoms with E-state index in [1.54, 1.807) is 12.3 Å². The van der Waals surface area contributed by atoms with Gasteiger partial charge < -0.3 is 16.0 Å². The van der Waals surface area contributed by atoms with E-state index < -0.39 is 5.91 Å². The van der Waals surface area contributed by atoms with Gasteiger partial charge in [0.25, 0.3) is 5.91 Å². The molecular weight excluding hydrogens is 360 g/mol. The van der Waals surface area contributed by atoms with E-state index in [4.69, 9.17) is 5.73 Å². The highest BCUT2D eigenvalue weighted by Gasteiger charge is 2.11. The van der Waals surface area contributed by atoms with Crippen LogP contribution in [-0.4, -0.2) is 21.8 Å². The van der Waals surface area contributed by atoms with Gasteiger partial charge in [0.05, 0.1) is 12.1 Å². The summed E-state index contributed by atoms with van der Waals surface area (Å²) >= 11 is 1.33. The van der Waals surface area contributed by atoms with Crippen molar-refractivity contribution in [2.45, 2.75) is 6.42 Å². The van der Waals surface area contributed by atoms with Gasteiger partial charge in [-0.3, -0.25) is 9.59 Å². The largest absolute Gasteiger partial charge is 0.364 e. The number of aromatic amines is 1. The average Bonchev–Trinajstić information content (AvgIpc) is 3.31. The minimum atomic E-state index is -0.527. The number of H-pyrrole nitrogens is 1. The fourth-order valence-electron chi connectivity index (χ4n) is 2.85. The van der Waals surface area contributed by atoms with Crippen molar-refractivity contribution >= 4 is 39.1 Å². The maximum atomic E-state index is 12.3. The molecule has 0 atom stereocenters. The van der Waals surface area contributed by atoms with Gasteiger partial charge >= 0.3 is 0 Å². The number of amides is 2. The smallest absolute Gasteiger partial charge is 0.265 e. The van der Waals surface area contributed by atoms with Gasteiger partial charge in [0.1, 0.15) is 5.69 Å². The predicted molar refractivity (Wildman–Crippen MR) is 107 cm³/mol. The summed E-state index contributed by atoms with van der Waals surface area (Å²) in [5.41, 5.74) is 7.92. The predicted octanol–water partition coefficient (Wildman–Crippen LogP) is 3.57. The van der Waals surface area contributed by atoms with Gasteiger partial charge in [-0.05, 0) is 22.4 Å². The summed E-state index contributed by atoms with van der Waals surface area (Å²) in [7, 11) is 0. The van der Waals surface area contributed by atoms with E-state index in [0.29, 0.717) is 16.5 Å². The number of nitrogens with zero attached hydrogens (tertiary/aromatic N) is 1. The standard InChI is InChI=1S/C20H16N4O2S/c21-19(26)16-9-15(10-22-16)17-11-27-20(23-17)24-18(25)8-12-5-6-13-3-1-2-4-14(13)7-12/h1-7,9-11,22H,8H2,(H2,21,26)(H,23,24,25). The van der Waals surface area contributed by atoms with Crippen LogP contribution in [-0.2, 0) is 11.2 Å². The first-order chi connectivity index (χ1) is 13.1. The Morgan fingerprint density at radius 1 is 1.11 bits per heavy atom. The normalized spacial score (nSPS) is 10.8. The Morgan fingerprint density at radius 2 is 1.93 bits per heavy atom. The summed E-state index contributed by atoms with van der Waals surface area (Å²) in [5, 5.41) is 7.41. The topological polar surface area (TPSA) is 101 Å². The van der Waals surface area contributed by atoms with Gasteiger partial charge in [0.15, 0.2) is 5.13 Å². The molecule has 4 N–H and O–H groups in total. The molecule has 0 bridgehead atoms. The zero-order valence-electron chi connectivity index (χ0n) is 14.2. The maximum absolute atomic E-state index is 12.3. The lowest BCUT2D eigenvalue weighted by Gasteiger charge is -2.04.